The van der Waals surface area contributed by atoms with Crippen molar-refractivity contribution in [3.63, 3.8) is 0 Å². The maximum Gasteiger partial charge on any atom is 0.168 e. The third kappa shape index (κ3) is 2.85. The minimum Gasteiger partial charge on any atom is -0.365 e. The maximum absolute atomic E-state index is 10.7. The number of rotatable bonds is 4. The van der Waals surface area contributed by atoms with Gasteiger partial charge < -0.3 is 5.32 Å². The summed E-state index contributed by atoms with van der Waals surface area (Å²) in [6.45, 7) is 0.621. The number of nitrogens with zero attached hydrogens (tertiary/aromatic N) is 2. The molecule has 0 unspecified atom stereocenters. The van der Waals surface area contributed by atoms with Crippen LogP contribution in [-0.2, 0) is 13.6 Å². The number of carbonyl (C=O) groups is 1. The number of carbonyl (C=O) groups excluding carboxylic acids is 1. The third-order valence-corrected chi connectivity index (χ3v) is 2.63. The first-order valence-corrected chi connectivity index (χ1v) is 5.54. The molecule has 0 radical (unpaired) electrons. The zero-order valence-corrected chi connectivity index (χ0v) is 10.1. The van der Waals surface area contributed by atoms with Crippen LogP contribution < -0.4 is 5.32 Å². The average molecular weight is 250 g/mol. The van der Waals surface area contributed by atoms with Crippen LogP contribution in [0.1, 0.15) is 16.1 Å². The predicted octanol–water partition coefficient (Wildman–Crippen LogP) is 2.50. The summed E-state index contributed by atoms with van der Waals surface area (Å²) in [6, 6.07) is 9.29. The van der Waals surface area contributed by atoms with Crippen LogP contribution in [0.5, 0.6) is 0 Å². The monoisotopic (exact) mass is 249 g/mol. The van der Waals surface area contributed by atoms with Crippen LogP contribution in [0.25, 0.3) is 0 Å². The Kier molecular flexibility index (Phi) is 3.44. The second kappa shape index (κ2) is 5.01. The van der Waals surface area contributed by atoms with Gasteiger partial charge in [-0.05, 0) is 17.7 Å². The minimum atomic E-state index is 0.540. The Morgan fingerprint density at radius 2 is 2.29 bits per heavy atom. The lowest BCUT2D eigenvalue weighted by molar-refractivity contribution is 0.111. The molecule has 2 aromatic rings. The van der Waals surface area contributed by atoms with E-state index in [0.717, 1.165) is 11.8 Å². The van der Waals surface area contributed by atoms with Gasteiger partial charge in [-0.2, -0.15) is 5.10 Å². The Labute approximate surface area is 104 Å². The van der Waals surface area contributed by atoms with E-state index in [1.807, 2.05) is 24.3 Å². The molecule has 0 spiro atoms. The molecule has 4 nitrogen and oxygen atoms in total. The van der Waals surface area contributed by atoms with Crippen molar-refractivity contribution in [1.29, 1.82) is 0 Å². The number of benzene rings is 1. The fourth-order valence-corrected chi connectivity index (χ4v) is 1.73. The maximum atomic E-state index is 10.7. The van der Waals surface area contributed by atoms with E-state index in [9.17, 15) is 4.79 Å². The molecular formula is C12H12ClN3O. The molecule has 5 heteroatoms. The van der Waals surface area contributed by atoms with Crippen LogP contribution in [0.2, 0.25) is 5.02 Å². The summed E-state index contributed by atoms with van der Waals surface area (Å²) in [4.78, 5) is 10.7. The summed E-state index contributed by atoms with van der Waals surface area (Å²) in [6.07, 6.45) is 0.775. The molecule has 0 aliphatic carbocycles. The Morgan fingerprint density at radius 3 is 2.94 bits per heavy atom. The highest BCUT2D eigenvalue weighted by molar-refractivity contribution is 6.30. The quantitative estimate of drug-likeness (QED) is 0.847. The average Bonchev–Trinajstić information content (AvgIpc) is 2.67. The van der Waals surface area contributed by atoms with Gasteiger partial charge in [-0.15, -0.1) is 0 Å². The molecule has 1 aromatic carbocycles. The van der Waals surface area contributed by atoms with E-state index in [-0.39, 0.29) is 0 Å². The molecule has 1 N–H and O–H groups in total. The lowest BCUT2D eigenvalue weighted by Crippen LogP contribution is -2.01. The topological polar surface area (TPSA) is 46.9 Å². The Morgan fingerprint density at radius 1 is 1.47 bits per heavy atom. The molecule has 0 saturated carbocycles. The second-order valence-corrected chi connectivity index (χ2v) is 4.12. The van der Waals surface area contributed by atoms with Gasteiger partial charge in [0.15, 0.2) is 6.29 Å². The summed E-state index contributed by atoms with van der Waals surface area (Å²) in [5.41, 5.74) is 1.61. The van der Waals surface area contributed by atoms with E-state index in [1.165, 1.54) is 4.68 Å². The summed E-state index contributed by atoms with van der Waals surface area (Å²) in [7, 11) is 1.73. The third-order valence-electron chi connectivity index (χ3n) is 2.40. The van der Waals surface area contributed by atoms with Gasteiger partial charge in [0, 0.05) is 24.7 Å². The summed E-state index contributed by atoms with van der Waals surface area (Å²) in [5.74, 6) is 0.676. The molecule has 0 saturated heterocycles. The van der Waals surface area contributed by atoms with E-state index < -0.39 is 0 Å². The Bertz CT molecular complexity index is 536. The predicted molar refractivity (Wildman–Crippen MR) is 67.4 cm³/mol. The number of hydrogen-bond acceptors (Lipinski definition) is 3. The molecule has 1 heterocycles. The van der Waals surface area contributed by atoms with Crippen molar-refractivity contribution in [1.82, 2.24) is 9.78 Å². The van der Waals surface area contributed by atoms with Crippen molar-refractivity contribution in [3.8, 4) is 0 Å². The molecule has 0 fully saturated rings. The van der Waals surface area contributed by atoms with E-state index >= 15 is 0 Å². The molecule has 0 amide bonds. The van der Waals surface area contributed by atoms with Gasteiger partial charge in [-0.3, -0.25) is 9.48 Å². The van der Waals surface area contributed by atoms with Gasteiger partial charge >= 0.3 is 0 Å². The fraction of sp³-hybridized carbons (Fsp3) is 0.167. The summed E-state index contributed by atoms with van der Waals surface area (Å²) in [5, 5.41) is 8.00. The lowest BCUT2D eigenvalue weighted by atomic mass is 10.2. The van der Waals surface area contributed by atoms with Crippen LogP contribution in [0, 0.1) is 0 Å². The molecule has 0 aliphatic rings. The van der Waals surface area contributed by atoms with Crippen molar-refractivity contribution in [2.75, 3.05) is 5.32 Å². The molecule has 17 heavy (non-hydrogen) atoms. The SMILES string of the molecule is Cn1nc(NCc2cccc(Cl)c2)cc1C=O. The number of aryl methyl sites for hydroxylation is 1. The van der Waals surface area contributed by atoms with Crippen LogP contribution in [0.15, 0.2) is 30.3 Å². The number of anilines is 1. The standard InChI is InChI=1S/C12H12ClN3O/c1-16-11(8-17)6-12(15-16)14-7-9-3-2-4-10(13)5-9/h2-6,8H,7H2,1H3,(H,14,15). The van der Waals surface area contributed by atoms with E-state index in [2.05, 4.69) is 10.4 Å². The highest BCUT2D eigenvalue weighted by atomic mass is 35.5. The van der Waals surface area contributed by atoms with Gasteiger partial charge in [0.1, 0.15) is 11.5 Å². The zero-order chi connectivity index (χ0) is 12.3. The van der Waals surface area contributed by atoms with Gasteiger partial charge in [0.2, 0.25) is 0 Å². The highest BCUT2D eigenvalue weighted by Crippen LogP contribution is 2.13. The normalized spacial score (nSPS) is 10.2. The molecule has 0 aliphatic heterocycles. The number of halogens is 1. The van der Waals surface area contributed by atoms with E-state index in [4.69, 9.17) is 11.6 Å². The highest BCUT2D eigenvalue weighted by Gasteiger charge is 2.03. The molecule has 2 rings (SSSR count). The smallest absolute Gasteiger partial charge is 0.168 e. The Balaban J connectivity index is 2.04. The van der Waals surface area contributed by atoms with Crippen molar-refractivity contribution >= 4 is 23.7 Å². The van der Waals surface area contributed by atoms with Crippen molar-refractivity contribution < 1.29 is 4.79 Å². The van der Waals surface area contributed by atoms with Gasteiger partial charge in [0.25, 0.3) is 0 Å². The molecule has 0 bridgehead atoms. The van der Waals surface area contributed by atoms with E-state index in [1.54, 1.807) is 13.1 Å². The number of hydrogen-bond donors (Lipinski definition) is 1. The molecule has 1 aromatic heterocycles. The van der Waals surface area contributed by atoms with Crippen molar-refractivity contribution in [2.45, 2.75) is 6.54 Å². The van der Waals surface area contributed by atoms with Crippen LogP contribution >= 0.6 is 11.6 Å². The fourth-order valence-electron chi connectivity index (χ4n) is 1.52. The zero-order valence-electron chi connectivity index (χ0n) is 9.35. The van der Waals surface area contributed by atoms with Crippen LogP contribution in [-0.4, -0.2) is 16.1 Å². The van der Waals surface area contributed by atoms with Crippen molar-refractivity contribution in [3.05, 3.63) is 46.6 Å². The number of aldehydes is 1. The molecule has 88 valence electrons. The first kappa shape index (κ1) is 11.7. The largest absolute Gasteiger partial charge is 0.365 e. The van der Waals surface area contributed by atoms with Gasteiger partial charge in [-0.25, -0.2) is 0 Å². The first-order valence-electron chi connectivity index (χ1n) is 5.16. The first-order chi connectivity index (χ1) is 8.19. The number of nitrogens with one attached hydrogen (secondary N) is 1. The van der Waals surface area contributed by atoms with Crippen LogP contribution in [0.3, 0.4) is 0 Å². The summed E-state index contributed by atoms with van der Waals surface area (Å²) >= 11 is 5.88. The van der Waals surface area contributed by atoms with Gasteiger partial charge in [0.05, 0.1) is 0 Å². The molecular weight excluding hydrogens is 238 g/mol. The lowest BCUT2D eigenvalue weighted by Gasteiger charge is -2.03. The minimum absolute atomic E-state index is 0.540. The van der Waals surface area contributed by atoms with Crippen LogP contribution in [0.4, 0.5) is 5.82 Å². The second-order valence-electron chi connectivity index (χ2n) is 3.68. The van der Waals surface area contributed by atoms with Gasteiger partial charge in [-0.1, -0.05) is 23.7 Å². The number of aromatic nitrogens is 2. The van der Waals surface area contributed by atoms with E-state index in [0.29, 0.717) is 23.1 Å². The summed E-state index contributed by atoms with van der Waals surface area (Å²) < 4.78 is 1.54. The Hall–Kier alpha value is -1.81. The molecule has 0 atom stereocenters. The van der Waals surface area contributed by atoms with Crippen molar-refractivity contribution in [2.24, 2.45) is 7.05 Å².